The summed E-state index contributed by atoms with van der Waals surface area (Å²) in [4.78, 5) is 0.861. The maximum atomic E-state index is 14.6. The van der Waals surface area contributed by atoms with Crippen molar-refractivity contribution in [3.05, 3.63) is 63.5 Å². The van der Waals surface area contributed by atoms with Gasteiger partial charge in [0.05, 0.1) is 4.70 Å². The first kappa shape index (κ1) is 20.4. The van der Waals surface area contributed by atoms with Gasteiger partial charge in [0.1, 0.15) is 23.8 Å². The van der Waals surface area contributed by atoms with Gasteiger partial charge in [-0.15, -0.1) is 11.3 Å². The first-order valence-electron chi connectivity index (χ1n) is 8.20. The number of ether oxygens (including phenoxy) is 1. The van der Waals surface area contributed by atoms with Crippen LogP contribution in [0.15, 0.2) is 24.3 Å². The second-order valence-electron chi connectivity index (χ2n) is 6.10. The lowest BCUT2D eigenvalue weighted by Crippen LogP contribution is -2.12. The van der Waals surface area contributed by atoms with E-state index in [0.717, 1.165) is 28.7 Å². The summed E-state index contributed by atoms with van der Waals surface area (Å²) in [6.45, 7) is 1.23. The van der Waals surface area contributed by atoms with Crippen LogP contribution >= 0.6 is 11.3 Å². The van der Waals surface area contributed by atoms with Gasteiger partial charge in [-0.1, -0.05) is 13.3 Å². The molecule has 0 radical (unpaired) electrons. The highest BCUT2D eigenvalue weighted by Crippen LogP contribution is 2.37. The molecular weight excluding hydrogens is 409 g/mol. The molecule has 0 saturated heterocycles. The average molecular weight is 422 g/mol. The smallest absolute Gasteiger partial charge is 0.422 e. The molecule has 0 unspecified atom stereocenters. The van der Waals surface area contributed by atoms with E-state index in [2.05, 4.69) is 0 Å². The Balaban J connectivity index is 1.89. The lowest BCUT2D eigenvalue weighted by Gasteiger charge is -2.12. The van der Waals surface area contributed by atoms with E-state index in [1.807, 2.05) is 6.92 Å². The highest BCUT2D eigenvalue weighted by atomic mass is 32.1. The Hall–Kier alpha value is -2.29. The Kier molecular flexibility index (Phi) is 5.56. The number of hydrogen-bond donors (Lipinski definition) is 0. The normalized spacial score (nSPS) is 12.0. The minimum Gasteiger partial charge on any atom is -0.483 e. The zero-order valence-electron chi connectivity index (χ0n) is 14.4. The van der Waals surface area contributed by atoms with E-state index < -0.39 is 47.4 Å². The van der Waals surface area contributed by atoms with Crippen LogP contribution in [0.4, 0.5) is 30.7 Å². The van der Waals surface area contributed by atoms with Crippen LogP contribution in [0.1, 0.15) is 29.3 Å². The summed E-state index contributed by atoms with van der Waals surface area (Å²) >= 11 is 1.14. The Morgan fingerprint density at radius 2 is 1.57 bits per heavy atom. The SMILES string of the molecule is CCCc1cc2cc(F)c(OCc3cc(F)c(C(F)(F)F)c(F)c3)c(F)c2s1. The van der Waals surface area contributed by atoms with Gasteiger partial charge in [0.25, 0.3) is 0 Å². The molecule has 0 atom stereocenters. The van der Waals surface area contributed by atoms with Crippen molar-refractivity contribution in [2.45, 2.75) is 32.5 Å². The van der Waals surface area contributed by atoms with Crippen LogP contribution < -0.4 is 4.74 Å². The predicted octanol–water partition coefficient (Wildman–Crippen LogP) is 7.01. The summed E-state index contributed by atoms with van der Waals surface area (Å²) in [5.41, 5.74) is -2.36. The van der Waals surface area contributed by atoms with Gasteiger partial charge in [0, 0.05) is 4.88 Å². The van der Waals surface area contributed by atoms with Crippen LogP contribution in [0.3, 0.4) is 0 Å². The summed E-state index contributed by atoms with van der Waals surface area (Å²) in [6.07, 6.45) is -3.68. The van der Waals surface area contributed by atoms with E-state index in [0.29, 0.717) is 23.9 Å². The quantitative estimate of drug-likeness (QED) is 0.402. The first-order chi connectivity index (χ1) is 13.1. The zero-order valence-corrected chi connectivity index (χ0v) is 15.2. The highest BCUT2D eigenvalue weighted by Gasteiger charge is 2.38. The van der Waals surface area contributed by atoms with Crippen LogP contribution in [-0.4, -0.2) is 0 Å². The maximum Gasteiger partial charge on any atom is 0.422 e. The van der Waals surface area contributed by atoms with Gasteiger partial charge in [-0.25, -0.2) is 17.6 Å². The molecule has 150 valence electrons. The zero-order chi connectivity index (χ0) is 20.6. The van der Waals surface area contributed by atoms with Crippen LogP contribution in [0.5, 0.6) is 5.75 Å². The number of rotatable bonds is 5. The summed E-state index contributed by atoms with van der Waals surface area (Å²) in [6, 6.07) is 3.59. The van der Waals surface area contributed by atoms with Gasteiger partial charge < -0.3 is 4.74 Å². The minimum absolute atomic E-state index is 0.171. The van der Waals surface area contributed by atoms with Crippen molar-refractivity contribution in [1.29, 1.82) is 0 Å². The van der Waals surface area contributed by atoms with Gasteiger partial charge in [-0.3, -0.25) is 0 Å². The van der Waals surface area contributed by atoms with Crippen molar-refractivity contribution in [1.82, 2.24) is 0 Å². The summed E-state index contributed by atoms with van der Waals surface area (Å²) < 4.78 is 99.0. The van der Waals surface area contributed by atoms with Crippen LogP contribution in [-0.2, 0) is 19.2 Å². The van der Waals surface area contributed by atoms with Crippen LogP contribution in [0.2, 0.25) is 0 Å². The average Bonchev–Trinajstić information content (AvgIpc) is 2.95. The Bertz CT molecular complexity index is 1000. The van der Waals surface area contributed by atoms with Crippen LogP contribution in [0, 0.1) is 23.3 Å². The number of thiophene rings is 1. The molecule has 0 bridgehead atoms. The molecule has 1 heterocycles. The third-order valence-corrected chi connectivity index (χ3v) is 5.18. The van der Waals surface area contributed by atoms with Crippen molar-refractivity contribution in [3.8, 4) is 5.75 Å². The lowest BCUT2D eigenvalue weighted by molar-refractivity contribution is -0.142. The fourth-order valence-corrected chi connectivity index (χ4v) is 3.96. The number of benzene rings is 2. The molecule has 0 saturated carbocycles. The molecule has 0 fully saturated rings. The maximum absolute atomic E-state index is 14.6. The Labute approximate surface area is 159 Å². The summed E-state index contributed by atoms with van der Waals surface area (Å²) in [7, 11) is 0. The van der Waals surface area contributed by atoms with Crippen molar-refractivity contribution >= 4 is 21.4 Å². The van der Waals surface area contributed by atoms with Gasteiger partial charge in [-0.2, -0.15) is 13.2 Å². The van der Waals surface area contributed by atoms with Crippen molar-refractivity contribution in [3.63, 3.8) is 0 Å². The standard InChI is InChI=1S/C19H13F7OS/c1-2-3-11-6-10-7-14(22)17(16(23)18(10)28-11)27-8-9-4-12(20)15(13(21)5-9)19(24,25)26/h4-7H,2-3,8H2,1H3. The molecule has 28 heavy (non-hydrogen) atoms. The number of alkyl halides is 3. The molecule has 3 aromatic rings. The molecule has 0 aliphatic rings. The highest BCUT2D eigenvalue weighted by molar-refractivity contribution is 7.19. The van der Waals surface area contributed by atoms with Gasteiger partial charge in [0.2, 0.25) is 0 Å². The fraction of sp³-hybridized carbons (Fsp3) is 0.263. The topological polar surface area (TPSA) is 9.23 Å². The molecule has 0 amide bonds. The van der Waals surface area contributed by atoms with E-state index in [1.54, 1.807) is 6.07 Å². The number of aryl methyl sites for hydroxylation is 1. The third kappa shape index (κ3) is 3.94. The molecule has 1 aromatic heterocycles. The number of hydrogen-bond acceptors (Lipinski definition) is 2. The van der Waals surface area contributed by atoms with E-state index in [4.69, 9.17) is 4.74 Å². The molecule has 0 aliphatic carbocycles. The van der Waals surface area contributed by atoms with Gasteiger partial charge in [-0.05, 0) is 41.6 Å². The van der Waals surface area contributed by atoms with Gasteiger partial charge >= 0.3 is 6.18 Å². The summed E-state index contributed by atoms with van der Waals surface area (Å²) in [5, 5.41) is 0.363. The molecule has 0 spiro atoms. The summed E-state index contributed by atoms with van der Waals surface area (Å²) in [5.74, 6) is -6.39. The van der Waals surface area contributed by atoms with E-state index in [1.165, 1.54) is 0 Å². The number of fused-ring (bicyclic) bond motifs is 1. The van der Waals surface area contributed by atoms with E-state index >= 15 is 0 Å². The second kappa shape index (κ2) is 7.62. The van der Waals surface area contributed by atoms with Gasteiger partial charge in [0.15, 0.2) is 17.4 Å². The molecular formula is C19H13F7OS. The molecule has 0 aliphatic heterocycles. The van der Waals surface area contributed by atoms with E-state index in [9.17, 15) is 30.7 Å². The van der Waals surface area contributed by atoms with E-state index in [-0.39, 0.29) is 10.3 Å². The van der Waals surface area contributed by atoms with Crippen LogP contribution in [0.25, 0.3) is 10.1 Å². The minimum atomic E-state index is -5.20. The van der Waals surface area contributed by atoms with Crippen molar-refractivity contribution in [2.24, 2.45) is 0 Å². The third-order valence-electron chi connectivity index (χ3n) is 3.97. The van der Waals surface area contributed by atoms with Crippen molar-refractivity contribution < 1.29 is 35.5 Å². The largest absolute Gasteiger partial charge is 0.483 e. The second-order valence-corrected chi connectivity index (χ2v) is 7.24. The Morgan fingerprint density at radius 3 is 2.14 bits per heavy atom. The predicted molar refractivity (Wildman–Crippen MR) is 91.4 cm³/mol. The molecule has 0 N–H and O–H groups in total. The Morgan fingerprint density at radius 1 is 0.929 bits per heavy atom. The monoisotopic (exact) mass is 422 g/mol. The molecule has 2 aromatic carbocycles. The fourth-order valence-electron chi connectivity index (χ4n) is 2.78. The lowest BCUT2D eigenvalue weighted by atomic mass is 10.1. The first-order valence-corrected chi connectivity index (χ1v) is 9.01. The molecule has 1 nitrogen and oxygen atoms in total. The molecule has 3 rings (SSSR count). The van der Waals surface area contributed by atoms with Crippen molar-refractivity contribution in [2.75, 3.05) is 0 Å². The number of halogens is 7. The molecule has 9 heteroatoms.